The van der Waals surface area contributed by atoms with Crippen molar-refractivity contribution < 1.29 is 14.7 Å². The lowest BCUT2D eigenvalue weighted by molar-refractivity contribution is -0.137. The summed E-state index contributed by atoms with van der Waals surface area (Å²) in [6.45, 7) is 0. The summed E-state index contributed by atoms with van der Waals surface area (Å²) in [5.41, 5.74) is 6.30. The Morgan fingerprint density at radius 2 is 2.21 bits per heavy atom. The van der Waals surface area contributed by atoms with Gasteiger partial charge >= 0.3 is 5.97 Å². The molecule has 7 heteroatoms. The van der Waals surface area contributed by atoms with Crippen LogP contribution in [-0.2, 0) is 4.79 Å². The number of carbonyl (C=O) groups excluding carboxylic acids is 1. The van der Waals surface area contributed by atoms with Crippen LogP contribution < -0.4 is 5.73 Å². The van der Waals surface area contributed by atoms with E-state index in [0.29, 0.717) is 11.2 Å². The van der Waals surface area contributed by atoms with Crippen LogP contribution in [-0.4, -0.2) is 38.0 Å². The molecule has 2 rings (SSSR count). The summed E-state index contributed by atoms with van der Waals surface area (Å²) in [6.07, 6.45) is 3.05. The fourth-order valence-corrected chi connectivity index (χ4v) is 2.15. The maximum absolute atomic E-state index is 11.9. The number of nitrogens with two attached hydrogens (primary N) is 1. The standard InChI is InChI=1S/C12H11N3O3S/c13-9(11(16)17)6-19-12(18)8-4-7-2-1-3-14-10(7)15-5-8/h1-5,9H,6,13H2,(H,16,17)/t9-/m0/s1. The molecule has 0 aliphatic rings. The van der Waals surface area contributed by atoms with Crippen molar-refractivity contribution in [3.8, 4) is 0 Å². The molecule has 0 bridgehead atoms. The van der Waals surface area contributed by atoms with Crippen LogP contribution in [0, 0.1) is 0 Å². The van der Waals surface area contributed by atoms with E-state index in [1.165, 1.54) is 6.20 Å². The molecule has 0 unspecified atom stereocenters. The van der Waals surface area contributed by atoms with E-state index in [1.54, 1.807) is 24.4 Å². The van der Waals surface area contributed by atoms with Crippen LogP contribution >= 0.6 is 11.8 Å². The van der Waals surface area contributed by atoms with E-state index in [0.717, 1.165) is 17.1 Å². The molecule has 0 saturated carbocycles. The molecule has 98 valence electrons. The highest BCUT2D eigenvalue weighted by molar-refractivity contribution is 8.14. The Kier molecular flexibility index (Phi) is 4.08. The van der Waals surface area contributed by atoms with Gasteiger partial charge in [0.1, 0.15) is 6.04 Å². The number of thioether (sulfide) groups is 1. The Morgan fingerprint density at radius 3 is 2.95 bits per heavy atom. The number of hydrogen-bond donors (Lipinski definition) is 2. The normalized spacial score (nSPS) is 12.3. The van der Waals surface area contributed by atoms with Crippen LogP contribution in [0.25, 0.3) is 11.0 Å². The number of carboxylic acid groups (broad SMARTS) is 1. The summed E-state index contributed by atoms with van der Waals surface area (Å²) in [5, 5.41) is 9.14. The summed E-state index contributed by atoms with van der Waals surface area (Å²) in [7, 11) is 0. The first-order valence-electron chi connectivity index (χ1n) is 5.44. The van der Waals surface area contributed by atoms with Crippen molar-refractivity contribution in [1.29, 1.82) is 0 Å². The maximum atomic E-state index is 11.9. The van der Waals surface area contributed by atoms with Gasteiger partial charge in [-0.15, -0.1) is 0 Å². The number of pyridine rings is 2. The summed E-state index contributed by atoms with van der Waals surface area (Å²) in [5.74, 6) is -1.10. The second-order valence-corrected chi connectivity index (χ2v) is 4.81. The molecule has 3 N–H and O–H groups in total. The highest BCUT2D eigenvalue weighted by atomic mass is 32.2. The predicted molar refractivity (Wildman–Crippen MR) is 71.9 cm³/mol. The zero-order valence-electron chi connectivity index (χ0n) is 9.81. The van der Waals surface area contributed by atoms with Gasteiger partial charge < -0.3 is 10.8 Å². The van der Waals surface area contributed by atoms with Crippen LogP contribution in [0.5, 0.6) is 0 Å². The van der Waals surface area contributed by atoms with E-state index in [2.05, 4.69) is 9.97 Å². The lowest BCUT2D eigenvalue weighted by atomic mass is 10.2. The number of rotatable bonds is 4. The van der Waals surface area contributed by atoms with E-state index < -0.39 is 12.0 Å². The van der Waals surface area contributed by atoms with Crippen molar-refractivity contribution in [3.05, 3.63) is 36.2 Å². The van der Waals surface area contributed by atoms with Crippen molar-refractivity contribution in [2.75, 3.05) is 5.75 Å². The van der Waals surface area contributed by atoms with Crippen LogP contribution in [0.4, 0.5) is 0 Å². The van der Waals surface area contributed by atoms with Gasteiger partial charge in [0.15, 0.2) is 5.65 Å². The van der Waals surface area contributed by atoms with Crippen molar-refractivity contribution in [2.45, 2.75) is 6.04 Å². The summed E-state index contributed by atoms with van der Waals surface area (Å²) in [4.78, 5) is 30.5. The van der Waals surface area contributed by atoms with Gasteiger partial charge in [-0.05, 0) is 18.2 Å². The van der Waals surface area contributed by atoms with Gasteiger partial charge in [-0.3, -0.25) is 9.59 Å². The van der Waals surface area contributed by atoms with Gasteiger partial charge in [0.05, 0.1) is 0 Å². The van der Waals surface area contributed by atoms with Crippen LogP contribution in [0.15, 0.2) is 30.6 Å². The number of carboxylic acids is 1. The number of nitrogens with zero attached hydrogens (tertiary/aromatic N) is 2. The van der Waals surface area contributed by atoms with Gasteiger partial charge in [0.2, 0.25) is 5.12 Å². The first-order chi connectivity index (χ1) is 9.08. The predicted octanol–water partition coefficient (Wildman–Crippen LogP) is 0.915. The molecule has 0 aliphatic carbocycles. The highest BCUT2D eigenvalue weighted by Crippen LogP contribution is 2.16. The zero-order chi connectivity index (χ0) is 13.8. The molecule has 0 aliphatic heterocycles. The number of carbonyl (C=O) groups is 2. The smallest absolute Gasteiger partial charge is 0.321 e. The molecule has 0 amide bonds. The Labute approximate surface area is 113 Å². The summed E-state index contributed by atoms with van der Waals surface area (Å²) < 4.78 is 0. The van der Waals surface area contributed by atoms with Crippen molar-refractivity contribution in [2.24, 2.45) is 5.73 Å². The fraction of sp³-hybridized carbons (Fsp3) is 0.167. The largest absolute Gasteiger partial charge is 0.480 e. The molecule has 1 atom stereocenters. The van der Waals surface area contributed by atoms with Gasteiger partial charge in [0, 0.05) is 29.1 Å². The average Bonchev–Trinajstić information content (AvgIpc) is 2.43. The molecule has 2 heterocycles. The Balaban J connectivity index is 2.11. The minimum atomic E-state index is -1.12. The third-order valence-electron chi connectivity index (χ3n) is 2.40. The molecule has 0 radical (unpaired) electrons. The minimum Gasteiger partial charge on any atom is -0.480 e. The number of hydrogen-bond acceptors (Lipinski definition) is 6. The van der Waals surface area contributed by atoms with E-state index in [1.807, 2.05) is 0 Å². The third-order valence-corrected chi connectivity index (χ3v) is 3.42. The minimum absolute atomic E-state index is 0.0270. The molecule has 0 fully saturated rings. The maximum Gasteiger partial charge on any atom is 0.321 e. The Hall–Kier alpha value is -1.99. The first kappa shape index (κ1) is 13.4. The molecule has 2 aromatic rings. The van der Waals surface area contributed by atoms with Gasteiger partial charge in [-0.1, -0.05) is 11.8 Å². The molecule has 2 aromatic heterocycles. The average molecular weight is 277 g/mol. The van der Waals surface area contributed by atoms with Crippen molar-refractivity contribution in [3.63, 3.8) is 0 Å². The molecule has 6 nitrogen and oxygen atoms in total. The molecule has 19 heavy (non-hydrogen) atoms. The molecule has 0 aromatic carbocycles. The molecular formula is C12H11N3O3S. The van der Waals surface area contributed by atoms with Crippen LogP contribution in [0.2, 0.25) is 0 Å². The molecule has 0 spiro atoms. The van der Waals surface area contributed by atoms with E-state index in [4.69, 9.17) is 10.8 Å². The summed E-state index contributed by atoms with van der Waals surface area (Å²) >= 11 is 0.869. The van der Waals surface area contributed by atoms with E-state index in [9.17, 15) is 9.59 Å². The summed E-state index contributed by atoms with van der Waals surface area (Å²) in [6, 6.07) is 4.19. The van der Waals surface area contributed by atoms with E-state index >= 15 is 0 Å². The first-order valence-corrected chi connectivity index (χ1v) is 6.43. The van der Waals surface area contributed by atoms with E-state index in [-0.39, 0.29) is 10.9 Å². The topological polar surface area (TPSA) is 106 Å². The third kappa shape index (κ3) is 3.27. The lowest BCUT2D eigenvalue weighted by Gasteiger charge is -2.05. The van der Waals surface area contributed by atoms with Gasteiger partial charge in [-0.25, -0.2) is 9.97 Å². The van der Waals surface area contributed by atoms with Crippen LogP contribution in [0.1, 0.15) is 10.4 Å². The fourth-order valence-electron chi connectivity index (χ4n) is 1.40. The quantitative estimate of drug-likeness (QED) is 0.855. The van der Waals surface area contributed by atoms with Crippen LogP contribution in [0.3, 0.4) is 0 Å². The molecule has 0 saturated heterocycles. The van der Waals surface area contributed by atoms with Crippen molar-refractivity contribution >= 4 is 33.9 Å². The van der Waals surface area contributed by atoms with Crippen molar-refractivity contribution in [1.82, 2.24) is 9.97 Å². The number of aromatic nitrogens is 2. The van der Waals surface area contributed by atoms with Gasteiger partial charge in [-0.2, -0.15) is 0 Å². The Morgan fingerprint density at radius 1 is 1.42 bits per heavy atom. The SMILES string of the molecule is N[C@@H](CSC(=O)c1cnc2ncccc2c1)C(=O)O. The lowest BCUT2D eigenvalue weighted by Crippen LogP contribution is -2.32. The van der Waals surface area contributed by atoms with Gasteiger partial charge in [0.25, 0.3) is 0 Å². The molecular weight excluding hydrogens is 266 g/mol. The second-order valence-electron chi connectivity index (χ2n) is 3.82. The second kappa shape index (κ2) is 5.77. The Bertz CT molecular complexity index is 632. The number of aliphatic carboxylic acids is 1. The highest BCUT2D eigenvalue weighted by Gasteiger charge is 2.15. The zero-order valence-corrected chi connectivity index (χ0v) is 10.6. The monoisotopic (exact) mass is 277 g/mol. The number of fused-ring (bicyclic) bond motifs is 1.